The number of nitrogens with zero attached hydrogens (tertiary/aromatic N) is 3. The topological polar surface area (TPSA) is 100 Å². The maximum atomic E-state index is 10.6. The normalized spacial score (nSPS) is 22.2. The summed E-state index contributed by atoms with van der Waals surface area (Å²) in [7, 11) is 0. The van der Waals surface area contributed by atoms with E-state index in [-0.39, 0.29) is 12.6 Å². The molecule has 1 saturated heterocycles. The minimum Gasteiger partial charge on any atom is -0.465 e. The van der Waals surface area contributed by atoms with Gasteiger partial charge in [0, 0.05) is 6.54 Å². The van der Waals surface area contributed by atoms with Crippen molar-refractivity contribution >= 4 is 6.09 Å². The average molecular weight is 187 g/mol. The smallest absolute Gasteiger partial charge is 0.407 e. The fourth-order valence-corrected chi connectivity index (χ4v) is 1.14. The molecule has 13 heavy (non-hydrogen) atoms. The fourth-order valence-electron chi connectivity index (χ4n) is 1.14. The van der Waals surface area contributed by atoms with Crippen LogP contribution in [0.3, 0.4) is 0 Å². The molecule has 1 aliphatic rings. The van der Waals surface area contributed by atoms with Crippen LogP contribution < -0.4 is 4.91 Å². The molecule has 0 saturated carbocycles. The molecule has 2 N–H and O–H groups in total. The highest BCUT2D eigenvalue weighted by Gasteiger charge is 2.24. The Morgan fingerprint density at radius 2 is 2.62 bits per heavy atom. The summed E-state index contributed by atoms with van der Waals surface area (Å²) in [5.74, 6) is 0. The number of carbonyl (C=O) groups is 1. The molecule has 1 heterocycles. The van der Waals surface area contributed by atoms with Gasteiger partial charge in [-0.3, -0.25) is 0 Å². The molecular formula is C6H11N4O3+. The number of hydrogen-bond acceptors (Lipinski definition) is 4. The Balaban J connectivity index is 2.41. The van der Waals surface area contributed by atoms with Gasteiger partial charge in [0.15, 0.2) is 6.54 Å². The standard InChI is InChI=1S/C6H10N4O3/c7-9-8-3-5-4-10(6(11)12)1-2-13-5/h5,7H,1-4H2/p+1. The first-order valence-electron chi connectivity index (χ1n) is 3.86. The zero-order chi connectivity index (χ0) is 9.68. The van der Waals surface area contributed by atoms with Gasteiger partial charge >= 0.3 is 6.09 Å². The maximum Gasteiger partial charge on any atom is 0.407 e. The van der Waals surface area contributed by atoms with Crippen molar-refractivity contribution < 1.29 is 14.6 Å². The van der Waals surface area contributed by atoms with Crippen LogP contribution in [0.15, 0.2) is 5.11 Å². The highest BCUT2D eigenvalue weighted by atomic mass is 16.5. The van der Waals surface area contributed by atoms with Crippen molar-refractivity contribution in [3.63, 3.8) is 0 Å². The number of amides is 1. The zero-order valence-electron chi connectivity index (χ0n) is 7.01. The van der Waals surface area contributed by atoms with Gasteiger partial charge in [0.1, 0.15) is 16.7 Å². The number of nitrogens with one attached hydrogen (secondary N) is 1. The molecule has 1 fully saturated rings. The van der Waals surface area contributed by atoms with Crippen molar-refractivity contribution in [2.75, 3.05) is 26.2 Å². The van der Waals surface area contributed by atoms with E-state index in [4.69, 9.17) is 15.4 Å². The summed E-state index contributed by atoms with van der Waals surface area (Å²) in [6.07, 6.45) is -1.21. The lowest BCUT2D eigenvalue weighted by molar-refractivity contribution is -0.0172. The van der Waals surface area contributed by atoms with Crippen molar-refractivity contribution in [2.45, 2.75) is 6.10 Å². The minimum atomic E-state index is -0.948. The van der Waals surface area contributed by atoms with Crippen LogP contribution in [-0.2, 0) is 4.74 Å². The Hall–Kier alpha value is -1.46. The first kappa shape index (κ1) is 9.63. The predicted octanol–water partition coefficient (Wildman–Crippen LogP) is -0.0844. The van der Waals surface area contributed by atoms with Crippen molar-refractivity contribution in [1.29, 1.82) is 5.53 Å². The van der Waals surface area contributed by atoms with Crippen molar-refractivity contribution in [3.8, 4) is 0 Å². The van der Waals surface area contributed by atoms with E-state index >= 15 is 0 Å². The maximum absolute atomic E-state index is 10.6. The van der Waals surface area contributed by atoms with E-state index in [9.17, 15) is 4.79 Å². The van der Waals surface area contributed by atoms with Crippen molar-refractivity contribution in [3.05, 3.63) is 0 Å². The highest BCUT2D eigenvalue weighted by molar-refractivity contribution is 5.65. The molecule has 7 nitrogen and oxygen atoms in total. The summed E-state index contributed by atoms with van der Waals surface area (Å²) in [4.78, 5) is 14.7. The second-order valence-electron chi connectivity index (χ2n) is 2.65. The molecule has 1 amide bonds. The molecule has 0 bridgehead atoms. The van der Waals surface area contributed by atoms with E-state index in [1.54, 1.807) is 0 Å². The lowest BCUT2D eigenvalue weighted by Crippen LogP contribution is -2.46. The van der Waals surface area contributed by atoms with E-state index in [0.717, 1.165) is 0 Å². The Labute approximate surface area is 74.5 Å². The Bertz CT molecular complexity index is 238. The van der Waals surface area contributed by atoms with Gasteiger partial charge in [-0.2, -0.15) is 0 Å². The van der Waals surface area contributed by atoms with Crippen molar-refractivity contribution in [2.24, 2.45) is 5.11 Å². The van der Waals surface area contributed by atoms with Gasteiger partial charge in [0.2, 0.25) is 4.91 Å². The third-order valence-electron chi connectivity index (χ3n) is 1.77. The van der Waals surface area contributed by atoms with Gasteiger partial charge in [0.25, 0.3) is 0 Å². The molecule has 0 aromatic heterocycles. The van der Waals surface area contributed by atoms with Crippen LogP contribution in [0.4, 0.5) is 4.79 Å². The first-order valence-corrected chi connectivity index (χ1v) is 3.86. The largest absolute Gasteiger partial charge is 0.465 e. The van der Waals surface area contributed by atoms with Crippen LogP contribution in [0.2, 0.25) is 0 Å². The van der Waals surface area contributed by atoms with E-state index < -0.39 is 6.09 Å². The van der Waals surface area contributed by atoms with Crippen LogP contribution >= 0.6 is 0 Å². The number of morpholine rings is 1. The monoisotopic (exact) mass is 187 g/mol. The van der Waals surface area contributed by atoms with E-state index in [1.807, 2.05) is 0 Å². The van der Waals surface area contributed by atoms with Gasteiger partial charge in [-0.25, -0.2) is 4.79 Å². The van der Waals surface area contributed by atoms with Crippen LogP contribution in [0.1, 0.15) is 0 Å². The molecule has 0 radical (unpaired) electrons. The van der Waals surface area contributed by atoms with Gasteiger partial charge in [-0.1, -0.05) is 0 Å². The molecule has 72 valence electrons. The Morgan fingerprint density at radius 1 is 1.85 bits per heavy atom. The molecule has 1 atom stereocenters. The van der Waals surface area contributed by atoms with Gasteiger partial charge < -0.3 is 14.7 Å². The summed E-state index contributed by atoms with van der Waals surface area (Å²) in [5, 5.41) is 12.1. The summed E-state index contributed by atoms with van der Waals surface area (Å²) in [6, 6.07) is 0. The van der Waals surface area contributed by atoms with Crippen LogP contribution in [0.5, 0.6) is 0 Å². The molecule has 7 heteroatoms. The highest BCUT2D eigenvalue weighted by Crippen LogP contribution is 2.05. The first-order chi connectivity index (χ1) is 6.24. The van der Waals surface area contributed by atoms with Gasteiger partial charge in [-0.15, -0.1) is 0 Å². The minimum absolute atomic E-state index is 0.243. The lowest BCUT2D eigenvalue weighted by Gasteiger charge is -2.28. The van der Waals surface area contributed by atoms with E-state index in [0.29, 0.717) is 19.7 Å². The van der Waals surface area contributed by atoms with E-state index in [2.05, 4.69) is 10.0 Å². The van der Waals surface area contributed by atoms with Crippen LogP contribution in [0, 0.1) is 5.53 Å². The second kappa shape index (κ2) is 4.54. The fraction of sp³-hybridized carbons (Fsp3) is 0.833. The molecule has 0 aliphatic carbocycles. The third kappa shape index (κ3) is 2.81. The number of carboxylic acid groups (broad SMARTS) is 1. The van der Waals surface area contributed by atoms with Gasteiger partial charge in [0.05, 0.1) is 13.2 Å². The summed E-state index contributed by atoms with van der Waals surface area (Å²) in [6.45, 7) is 1.32. The molecule has 1 unspecified atom stereocenters. The number of rotatable bonds is 2. The zero-order valence-corrected chi connectivity index (χ0v) is 7.01. The van der Waals surface area contributed by atoms with Crippen molar-refractivity contribution in [1.82, 2.24) is 9.81 Å². The lowest BCUT2D eigenvalue weighted by atomic mass is 10.3. The molecule has 0 aromatic rings. The summed E-state index contributed by atoms with van der Waals surface area (Å²) < 4.78 is 5.22. The van der Waals surface area contributed by atoms with Crippen LogP contribution in [0.25, 0.3) is 0 Å². The SMILES string of the molecule is N=[N+]=NCC1CN(C(=O)O)CCO1. The number of ether oxygens (including phenoxy) is 1. The summed E-state index contributed by atoms with van der Waals surface area (Å²) in [5.41, 5.74) is 6.43. The molecule has 0 spiro atoms. The number of hydrogen-bond donors (Lipinski definition) is 2. The quantitative estimate of drug-likeness (QED) is 0.466. The second-order valence-corrected chi connectivity index (χ2v) is 2.65. The predicted molar refractivity (Wildman–Crippen MR) is 41.5 cm³/mol. The van der Waals surface area contributed by atoms with E-state index in [1.165, 1.54) is 4.90 Å². The van der Waals surface area contributed by atoms with Gasteiger partial charge in [-0.05, 0) is 0 Å². The Kier molecular flexibility index (Phi) is 3.36. The Morgan fingerprint density at radius 3 is 3.23 bits per heavy atom. The molecular weight excluding hydrogens is 176 g/mol. The van der Waals surface area contributed by atoms with Crippen LogP contribution in [-0.4, -0.2) is 48.4 Å². The summed E-state index contributed by atoms with van der Waals surface area (Å²) >= 11 is 0. The third-order valence-corrected chi connectivity index (χ3v) is 1.77. The molecule has 0 aromatic carbocycles. The molecule has 1 rings (SSSR count). The average Bonchev–Trinajstić information content (AvgIpc) is 2.15. The molecule has 1 aliphatic heterocycles.